The average Bonchev–Trinajstić information content (AvgIpc) is 1.77. The van der Waals surface area contributed by atoms with Crippen LogP contribution in [0.4, 0.5) is 0 Å². The Morgan fingerprint density at radius 2 is 2.12 bits per heavy atom. The summed E-state index contributed by atoms with van der Waals surface area (Å²) in [6.07, 6.45) is 0. The predicted molar refractivity (Wildman–Crippen MR) is 34.9 cm³/mol. The van der Waals surface area contributed by atoms with Crippen molar-refractivity contribution in [2.24, 2.45) is 0 Å². The third kappa shape index (κ3) is 1.06. The Morgan fingerprint density at radius 1 is 1.38 bits per heavy atom. The van der Waals surface area contributed by atoms with Crippen LogP contribution in [0.15, 0.2) is 12.1 Å². The van der Waals surface area contributed by atoms with Crippen LogP contribution in [0.1, 0.15) is 5.69 Å². The molecule has 0 aromatic carbocycles. The number of rotatable bonds is 0. The fraction of sp³-hybridized carbons (Fsp3) is 0.200. The molecule has 0 atom stereocenters. The van der Waals surface area contributed by atoms with Gasteiger partial charge in [-0.3, -0.25) is 0 Å². The molecular weight excluding hydrogens is 98.9 g/mol. The highest BCUT2D eigenvalue weighted by Crippen LogP contribution is 1.80. The Balaban J connectivity index is 3.03. The maximum Gasteiger partial charge on any atom is 0.166 e. The van der Waals surface area contributed by atoms with Crippen molar-refractivity contribution in [1.29, 1.82) is 0 Å². The Morgan fingerprint density at radius 3 is 2.50 bits per heavy atom. The zero-order chi connectivity index (χ0) is 5.98. The van der Waals surface area contributed by atoms with Crippen molar-refractivity contribution in [3.63, 3.8) is 0 Å². The molecule has 0 fully saturated rings. The molecular formula is C5H7BN2. The lowest BCUT2D eigenvalue weighted by atomic mass is 10.1. The molecule has 1 aromatic rings. The van der Waals surface area contributed by atoms with E-state index >= 15 is 0 Å². The number of aromatic nitrogens is 2. The van der Waals surface area contributed by atoms with Crippen LogP contribution in [-0.2, 0) is 0 Å². The van der Waals surface area contributed by atoms with Crippen LogP contribution in [0.2, 0.25) is 0 Å². The molecule has 1 rings (SSSR count). The van der Waals surface area contributed by atoms with Crippen molar-refractivity contribution in [3.05, 3.63) is 17.8 Å². The third-order valence-electron chi connectivity index (χ3n) is 0.931. The maximum absolute atomic E-state index is 3.83. The summed E-state index contributed by atoms with van der Waals surface area (Å²) in [7, 11) is 1.92. The van der Waals surface area contributed by atoms with E-state index in [4.69, 9.17) is 0 Å². The monoisotopic (exact) mass is 106 g/mol. The number of aryl methyl sites for hydroxylation is 1. The van der Waals surface area contributed by atoms with Crippen LogP contribution >= 0.6 is 0 Å². The zero-order valence-electron chi connectivity index (χ0n) is 5.05. The molecule has 3 heteroatoms. The summed E-state index contributed by atoms with van der Waals surface area (Å²) in [5, 5.41) is 7.66. The quantitative estimate of drug-likeness (QED) is 0.398. The second-order valence-corrected chi connectivity index (χ2v) is 1.82. The van der Waals surface area contributed by atoms with Gasteiger partial charge in [0, 0.05) is 5.59 Å². The van der Waals surface area contributed by atoms with Gasteiger partial charge in [0.15, 0.2) is 7.85 Å². The summed E-state index contributed by atoms with van der Waals surface area (Å²) in [6.45, 7) is 1.92. The minimum absolute atomic E-state index is 0.968. The van der Waals surface area contributed by atoms with E-state index in [-0.39, 0.29) is 0 Å². The molecule has 0 aliphatic rings. The fourth-order valence-electron chi connectivity index (χ4n) is 0.466. The minimum Gasteiger partial charge on any atom is -0.166 e. The summed E-state index contributed by atoms with van der Waals surface area (Å²) in [6, 6.07) is 3.89. The van der Waals surface area contributed by atoms with Crippen molar-refractivity contribution in [1.82, 2.24) is 10.2 Å². The van der Waals surface area contributed by atoms with Gasteiger partial charge >= 0.3 is 0 Å². The van der Waals surface area contributed by atoms with Crippen molar-refractivity contribution < 1.29 is 0 Å². The highest BCUT2D eigenvalue weighted by Gasteiger charge is 1.83. The first-order valence-corrected chi connectivity index (χ1v) is 2.56. The molecule has 0 unspecified atom stereocenters. The molecule has 0 saturated carbocycles. The second kappa shape index (κ2) is 1.94. The van der Waals surface area contributed by atoms with Gasteiger partial charge in [-0.2, -0.15) is 10.2 Å². The molecule has 0 aliphatic carbocycles. The molecule has 1 aromatic heterocycles. The van der Waals surface area contributed by atoms with E-state index in [0.717, 1.165) is 11.3 Å². The molecule has 0 saturated heterocycles. The Kier molecular flexibility index (Phi) is 1.28. The summed E-state index contributed by atoms with van der Waals surface area (Å²) < 4.78 is 0. The highest BCUT2D eigenvalue weighted by molar-refractivity contribution is 6.30. The molecule has 0 radical (unpaired) electrons. The van der Waals surface area contributed by atoms with Gasteiger partial charge in [0.1, 0.15) is 0 Å². The minimum atomic E-state index is 0.968. The molecule has 40 valence electrons. The van der Waals surface area contributed by atoms with E-state index in [9.17, 15) is 0 Å². The smallest absolute Gasteiger partial charge is 0.166 e. The van der Waals surface area contributed by atoms with Crippen LogP contribution in [0.5, 0.6) is 0 Å². The van der Waals surface area contributed by atoms with Crippen LogP contribution in [0.25, 0.3) is 0 Å². The maximum atomic E-state index is 3.83. The van der Waals surface area contributed by atoms with Crippen molar-refractivity contribution in [2.45, 2.75) is 6.92 Å². The van der Waals surface area contributed by atoms with E-state index in [0.29, 0.717) is 0 Å². The first-order valence-electron chi connectivity index (χ1n) is 2.56. The standard InChI is InChI=1S/C5H7BN2/c1-4-2-3-5(6)8-7-4/h2-3H,6H2,1H3. The van der Waals surface area contributed by atoms with Crippen molar-refractivity contribution in [2.75, 3.05) is 0 Å². The summed E-state index contributed by atoms with van der Waals surface area (Å²) in [5.74, 6) is 0. The lowest BCUT2D eigenvalue weighted by Gasteiger charge is -1.87. The zero-order valence-corrected chi connectivity index (χ0v) is 5.05. The Bertz CT molecular complexity index is 149. The lowest BCUT2D eigenvalue weighted by molar-refractivity contribution is 1.00. The summed E-state index contributed by atoms with van der Waals surface area (Å²) in [4.78, 5) is 0. The molecule has 0 aliphatic heterocycles. The largest absolute Gasteiger partial charge is 0.166 e. The first-order chi connectivity index (χ1) is 3.79. The van der Waals surface area contributed by atoms with Gasteiger partial charge in [0.25, 0.3) is 0 Å². The van der Waals surface area contributed by atoms with Gasteiger partial charge in [0.05, 0.1) is 5.69 Å². The van der Waals surface area contributed by atoms with Crippen LogP contribution in [-0.4, -0.2) is 18.0 Å². The second-order valence-electron chi connectivity index (χ2n) is 1.82. The normalized spacial score (nSPS) is 9.12. The van der Waals surface area contributed by atoms with Gasteiger partial charge in [-0.15, -0.1) is 0 Å². The highest BCUT2D eigenvalue weighted by atomic mass is 15.1. The van der Waals surface area contributed by atoms with Crippen molar-refractivity contribution >= 4 is 13.4 Å². The van der Waals surface area contributed by atoms with Crippen LogP contribution in [0, 0.1) is 6.92 Å². The Hall–Kier alpha value is -0.855. The van der Waals surface area contributed by atoms with E-state index < -0.39 is 0 Å². The summed E-state index contributed by atoms with van der Waals surface area (Å²) in [5.41, 5.74) is 1.94. The number of hydrogen-bond donors (Lipinski definition) is 0. The molecule has 2 nitrogen and oxygen atoms in total. The number of hydrogen-bond acceptors (Lipinski definition) is 2. The molecule has 0 bridgehead atoms. The van der Waals surface area contributed by atoms with Crippen molar-refractivity contribution in [3.8, 4) is 0 Å². The van der Waals surface area contributed by atoms with Gasteiger partial charge in [0.2, 0.25) is 0 Å². The van der Waals surface area contributed by atoms with E-state index in [1.165, 1.54) is 0 Å². The SMILES string of the molecule is Bc1ccc(C)nn1. The molecule has 8 heavy (non-hydrogen) atoms. The van der Waals surface area contributed by atoms with E-state index in [1.54, 1.807) is 0 Å². The van der Waals surface area contributed by atoms with Gasteiger partial charge in [-0.1, -0.05) is 0 Å². The Labute approximate surface area is 49.4 Å². The lowest BCUT2D eigenvalue weighted by Crippen LogP contribution is -2.08. The molecule has 0 N–H and O–H groups in total. The van der Waals surface area contributed by atoms with Gasteiger partial charge < -0.3 is 0 Å². The number of nitrogens with zero attached hydrogens (tertiary/aromatic N) is 2. The average molecular weight is 106 g/mol. The fourth-order valence-corrected chi connectivity index (χ4v) is 0.466. The van der Waals surface area contributed by atoms with Gasteiger partial charge in [-0.25, -0.2) is 0 Å². The van der Waals surface area contributed by atoms with E-state index in [1.807, 2.05) is 26.9 Å². The topological polar surface area (TPSA) is 25.8 Å². The molecule has 0 spiro atoms. The van der Waals surface area contributed by atoms with E-state index in [2.05, 4.69) is 10.2 Å². The third-order valence-corrected chi connectivity index (χ3v) is 0.931. The molecule has 0 amide bonds. The molecule has 1 heterocycles. The first kappa shape index (κ1) is 5.28. The predicted octanol–water partition coefficient (Wildman–Crippen LogP) is -0.957. The van der Waals surface area contributed by atoms with Gasteiger partial charge in [-0.05, 0) is 19.1 Å². The van der Waals surface area contributed by atoms with Crippen LogP contribution < -0.4 is 5.59 Å². The van der Waals surface area contributed by atoms with Crippen LogP contribution in [0.3, 0.4) is 0 Å². The summed E-state index contributed by atoms with van der Waals surface area (Å²) >= 11 is 0.